The first kappa shape index (κ1) is 23.0. The highest BCUT2D eigenvalue weighted by molar-refractivity contribution is 6.62. The second kappa shape index (κ2) is 8.99. The van der Waals surface area contributed by atoms with Crippen molar-refractivity contribution in [2.24, 2.45) is 0 Å². The quantitative estimate of drug-likeness (QED) is 0.465. The minimum absolute atomic E-state index is 0.0236. The number of carbonyl (C=O) groups is 1. The fourth-order valence-corrected chi connectivity index (χ4v) is 3.49. The van der Waals surface area contributed by atoms with Crippen molar-refractivity contribution in [3.8, 4) is 17.3 Å². The normalized spacial score (nSPS) is 13.8. The van der Waals surface area contributed by atoms with Crippen LogP contribution >= 0.6 is 11.6 Å². The van der Waals surface area contributed by atoms with Gasteiger partial charge in [-0.05, 0) is 25.3 Å². The fraction of sp³-hybridized carbons (Fsp3) is 0.250. The zero-order valence-electron chi connectivity index (χ0n) is 17.6. The van der Waals surface area contributed by atoms with Crippen molar-refractivity contribution < 1.29 is 4.79 Å². The molecule has 1 aliphatic rings. The second-order valence-electron chi connectivity index (χ2n) is 7.68. The van der Waals surface area contributed by atoms with Crippen LogP contribution in [0.2, 0.25) is 5.02 Å². The minimum Gasteiger partial charge on any atom is -0.337 e. The van der Waals surface area contributed by atoms with Crippen LogP contribution in [0.4, 0.5) is 11.6 Å². The molecule has 1 atom stereocenters. The Balaban J connectivity index is 1.73. The highest BCUT2D eigenvalue weighted by Crippen LogP contribution is 2.34. The van der Waals surface area contributed by atoms with Crippen LogP contribution in [0.1, 0.15) is 36.2 Å². The van der Waals surface area contributed by atoms with Gasteiger partial charge in [0, 0.05) is 11.8 Å². The molecule has 1 saturated carbocycles. The summed E-state index contributed by atoms with van der Waals surface area (Å²) in [6, 6.07) is 1.55. The van der Waals surface area contributed by atoms with E-state index in [1.807, 2.05) is 16.9 Å². The molecule has 0 spiro atoms. The summed E-state index contributed by atoms with van der Waals surface area (Å²) in [5.41, 5.74) is 0.701. The topological polar surface area (TPSA) is 109 Å². The number of amides is 1. The third-order valence-electron chi connectivity index (χ3n) is 5.19. The smallest absolute Gasteiger partial charge is 0.251 e. The number of hydrogen-bond donors (Lipinski definition) is 2. The molecule has 8 nitrogen and oxygen atoms in total. The van der Waals surface area contributed by atoms with E-state index in [4.69, 9.17) is 48.2 Å². The average Bonchev–Trinajstić information content (AvgIpc) is 3.53. The zero-order valence-corrected chi connectivity index (χ0v) is 18.4. The molecule has 1 amide bonds. The Morgan fingerprint density at radius 2 is 1.88 bits per heavy atom. The van der Waals surface area contributed by atoms with Gasteiger partial charge in [-0.15, -0.1) is 0 Å². The predicted molar refractivity (Wildman–Crippen MR) is 130 cm³/mol. The summed E-state index contributed by atoms with van der Waals surface area (Å²) in [7, 11) is 24.8. The van der Waals surface area contributed by atoms with Crippen LogP contribution in [-0.2, 0) is 0 Å². The van der Waals surface area contributed by atoms with Gasteiger partial charge < -0.3 is 10.6 Å². The summed E-state index contributed by atoms with van der Waals surface area (Å²) < 4.78 is 1.88. The number of benzene rings is 1. The number of nitrogens with zero attached hydrogens (tertiary/aromatic N) is 5. The Hall–Kier alpha value is -3.18. The monoisotopic (exact) mass is 447 g/mol. The number of nitrogens with one attached hydrogen (secondary N) is 2. The molecule has 33 heavy (non-hydrogen) atoms. The number of hydrogen-bond acceptors (Lipinski definition) is 6. The zero-order chi connectivity index (χ0) is 23.9. The van der Waals surface area contributed by atoms with Gasteiger partial charge >= 0.3 is 0 Å². The van der Waals surface area contributed by atoms with Crippen LogP contribution in [0.3, 0.4) is 0 Å². The molecule has 0 unspecified atom stereocenters. The van der Waals surface area contributed by atoms with Crippen molar-refractivity contribution in [3.05, 3.63) is 29.2 Å². The Morgan fingerprint density at radius 3 is 2.48 bits per heavy atom. The van der Waals surface area contributed by atoms with Gasteiger partial charge in [-0.3, -0.25) is 9.48 Å². The van der Waals surface area contributed by atoms with E-state index in [0.717, 1.165) is 12.8 Å². The van der Waals surface area contributed by atoms with Crippen molar-refractivity contribution >= 4 is 82.4 Å². The Kier molecular flexibility index (Phi) is 6.26. The SMILES string of the molecule is [B]c1c([B])c(-c2nc(Nc3cnn(C4CC4)c3)ncc2Cl)c([B])c([B])c1C(=O)N[C@@H](C)C#N. The lowest BCUT2D eigenvalue weighted by Gasteiger charge is -2.22. The molecule has 3 aromatic rings. The van der Waals surface area contributed by atoms with E-state index in [1.165, 1.54) is 13.1 Å². The van der Waals surface area contributed by atoms with E-state index in [9.17, 15) is 4.79 Å². The number of rotatable bonds is 6. The highest BCUT2D eigenvalue weighted by Gasteiger charge is 2.25. The van der Waals surface area contributed by atoms with Crippen molar-refractivity contribution in [2.75, 3.05) is 5.32 Å². The molecule has 0 bridgehead atoms. The maximum Gasteiger partial charge on any atom is 0.251 e. The van der Waals surface area contributed by atoms with Gasteiger partial charge in [0.25, 0.3) is 5.91 Å². The number of carbonyl (C=O) groups excluding carboxylic acids is 1. The lowest BCUT2D eigenvalue weighted by molar-refractivity contribution is 0.0950. The summed E-state index contributed by atoms with van der Waals surface area (Å²) >= 11 is 6.35. The van der Waals surface area contributed by atoms with Crippen LogP contribution in [-0.4, -0.2) is 63.1 Å². The van der Waals surface area contributed by atoms with Crippen LogP contribution in [0.5, 0.6) is 0 Å². The van der Waals surface area contributed by atoms with E-state index in [2.05, 4.69) is 25.7 Å². The summed E-state index contributed by atoms with van der Waals surface area (Å²) in [5.74, 6) is -0.446. The van der Waals surface area contributed by atoms with E-state index >= 15 is 0 Å². The maximum absolute atomic E-state index is 12.6. The molecule has 1 aliphatic carbocycles. The molecule has 1 fully saturated rings. The molecule has 4 rings (SSSR count). The molecule has 154 valence electrons. The first-order valence-electron chi connectivity index (χ1n) is 10.0. The third-order valence-corrected chi connectivity index (χ3v) is 5.46. The Bertz CT molecular complexity index is 1270. The van der Waals surface area contributed by atoms with Crippen LogP contribution in [0, 0.1) is 11.3 Å². The molecule has 2 N–H and O–H groups in total. The predicted octanol–water partition coefficient (Wildman–Crippen LogP) is -1.11. The van der Waals surface area contributed by atoms with E-state index < -0.39 is 11.9 Å². The molecule has 1 aromatic carbocycles. The third kappa shape index (κ3) is 4.51. The maximum atomic E-state index is 12.6. The van der Waals surface area contributed by atoms with E-state index in [1.54, 1.807) is 6.20 Å². The van der Waals surface area contributed by atoms with Crippen LogP contribution < -0.4 is 32.5 Å². The van der Waals surface area contributed by atoms with Gasteiger partial charge in [0.05, 0.1) is 40.9 Å². The van der Waals surface area contributed by atoms with Gasteiger partial charge in [-0.25, -0.2) is 9.97 Å². The van der Waals surface area contributed by atoms with Gasteiger partial charge in [-0.1, -0.05) is 33.5 Å². The van der Waals surface area contributed by atoms with Gasteiger partial charge in [-0.2, -0.15) is 10.4 Å². The first-order chi connectivity index (χ1) is 15.7. The largest absolute Gasteiger partial charge is 0.337 e. The molecular weight excluding hydrogens is 433 g/mol. The highest BCUT2D eigenvalue weighted by atomic mass is 35.5. The molecule has 13 heteroatoms. The fourth-order valence-electron chi connectivity index (χ4n) is 3.30. The van der Waals surface area contributed by atoms with Crippen molar-refractivity contribution in [3.63, 3.8) is 0 Å². The lowest BCUT2D eigenvalue weighted by Crippen LogP contribution is -2.50. The lowest BCUT2D eigenvalue weighted by atomic mass is 9.63. The standard InChI is InChI=1S/C20H14B4ClN7O/c1-8(4-26)29-19(33)13-16(23)14(21)12(15(22)17(13)24)18-11(25)6-27-20(31-18)30-9-5-28-32(7-9)10-2-3-10/h5-8,10H,2-3H2,1H3,(H,29,33)(H,27,30,31)/t8-/m0/s1. The van der Waals surface area contributed by atoms with Crippen LogP contribution in [0.15, 0.2) is 18.6 Å². The molecule has 0 saturated heterocycles. The van der Waals surface area contributed by atoms with E-state index in [0.29, 0.717) is 11.7 Å². The molecule has 0 aliphatic heterocycles. The molecular formula is C20H14B4ClN7O. The van der Waals surface area contributed by atoms with Gasteiger partial charge in [0.15, 0.2) is 0 Å². The summed E-state index contributed by atoms with van der Waals surface area (Å²) in [6.07, 6.45) is 7.13. The Morgan fingerprint density at radius 1 is 1.21 bits per heavy atom. The minimum atomic E-state index is -0.771. The summed E-state index contributed by atoms with van der Waals surface area (Å²) in [4.78, 5) is 21.2. The van der Waals surface area contributed by atoms with Gasteiger partial charge in [0.2, 0.25) is 5.95 Å². The second-order valence-corrected chi connectivity index (χ2v) is 8.09. The summed E-state index contributed by atoms with van der Waals surface area (Å²) in [5, 5.41) is 19.0. The summed E-state index contributed by atoms with van der Waals surface area (Å²) in [6.45, 7) is 1.51. The number of halogens is 1. The first-order valence-corrected chi connectivity index (χ1v) is 10.4. The van der Waals surface area contributed by atoms with Crippen molar-refractivity contribution in [1.29, 1.82) is 5.26 Å². The van der Waals surface area contributed by atoms with Crippen molar-refractivity contribution in [2.45, 2.75) is 31.8 Å². The molecule has 2 aromatic heterocycles. The van der Waals surface area contributed by atoms with Crippen LogP contribution in [0.25, 0.3) is 11.3 Å². The van der Waals surface area contributed by atoms with Gasteiger partial charge in [0.1, 0.15) is 37.4 Å². The molecule has 2 heterocycles. The van der Waals surface area contributed by atoms with E-state index in [-0.39, 0.29) is 49.6 Å². The number of aromatic nitrogens is 4. The molecule has 8 radical (unpaired) electrons. The number of anilines is 2. The number of nitriles is 1. The van der Waals surface area contributed by atoms with Crippen molar-refractivity contribution in [1.82, 2.24) is 25.1 Å². The Labute approximate surface area is 201 Å². The average molecular weight is 447 g/mol.